The third-order valence-corrected chi connectivity index (χ3v) is 11.3. The molecule has 0 radical (unpaired) electrons. The van der Waals surface area contributed by atoms with Gasteiger partial charge in [-0.1, -0.05) is 22.6 Å². The van der Waals surface area contributed by atoms with Crippen molar-refractivity contribution in [3.63, 3.8) is 0 Å². The van der Waals surface area contributed by atoms with Crippen LogP contribution < -0.4 is 0 Å². The number of alkyl halides is 1. The van der Waals surface area contributed by atoms with Crippen LogP contribution in [0.3, 0.4) is 0 Å². The lowest BCUT2D eigenvalue weighted by atomic mass is 9.39. The third kappa shape index (κ3) is 2.26. The molecule has 0 aromatic heterocycles. The fourth-order valence-electron chi connectivity index (χ4n) is 7.91. The summed E-state index contributed by atoms with van der Waals surface area (Å²) in [7, 11) is 0. The Morgan fingerprint density at radius 3 is 1.81 bits per heavy atom. The maximum atomic E-state index is 15.4. The number of hydrogen-bond donors (Lipinski definition) is 1. The highest BCUT2D eigenvalue weighted by Gasteiger charge is 2.66. The summed E-state index contributed by atoms with van der Waals surface area (Å²) in [6.07, 6.45) is 14.4. The SMILES string of the molecule is OC1CCC(C23CCC(C45CCC(I)(CC4)C(F)=C5F)(CC2)CC3)CC1. The van der Waals surface area contributed by atoms with Crippen molar-refractivity contribution in [1.82, 2.24) is 0 Å². The van der Waals surface area contributed by atoms with E-state index in [0.717, 1.165) is 63.7 Å². The van der Waals surface area contributed by atoms with Crippen molar-refractivity contribution in [3.8, 4) is 0 Å². The first-order chi connectivity index (χ1) is 12.3. The maximum absolute atomic E-state index is 15.4. The molecule has 0 heterocycles. The molecule has 5 fully saturated rings. The molecular formula is C22H31F2IO. The van der Waals surface area contributed by atoms with Crippen LogP contribution in [-0.2, 0) is 0 Å². The standard InChI is InChI=1S/C22H31F2IO/c23-17-18(24)22(25)13-11-21(17,12-14-22)20-8-5-19(6-9-20,7-10-20)15-1-3-16(26)4-2-15/h15-16,26H,1-14H2. The summed E-state index contributed by atoms with van der Waals surface area (Å²) < 4.78 is 29.7. The van der Waals surface area contributed by atoms with Gasteiger partial charge < -0.3 is 5.11 Å². The minimum atomic E-state index is -0.545. The van der Waals surface area contributed by atoms with Crippen molar-refractivity contribution in [2.24, 2.45) is 22.2 Å². The summed E-state index contributed by atoms with van der Waals surface area (Å²) in [6, 6.07) is 0. The Morgan fingerprint density at radius 1 is 0.731 bits per heavy atom. The predicted octanol–water partition coefficient (Wildman–Crippen LogP) is 6.78. The smallest absolute Gasteiger partial charge is 0.148 e. The van der Waals surface area contributed by atoms with Crippen LogP contribution in [0.25, 0.3) is 0 Å². The molecule has 0 aliphatic heterocycles. The second-order valence-corrected chi connectivity index (χ2v) is 12.4. The van der Waals surface area contributed by atoms with E-state index >= 15 is 4.39 Å². The minimum Gasteiger partial charge on any atom is -0.393 e. The van der Waals surface area contributed by atoms with Gasteiger partial charge in [0, 0.05) is 5.41 Å². The van der Waals surface area contributed by atoms with Crippen molar-refractivity contribution < 1.29 is 13.9 Å². The van der Waals surface area contributed by atoms with Crippen LogP contribution >= 0.6 is 22.6 Å². The molecule has 4 heteroatoms. The number of aliphatic hydroxyl groups excluding tert-OH is 1. The Balaban J connectivity index is 1.41. The predicted molar refractivity (Wildman–Crippen MR) is 107 cm³/mol. The van der Waals surface area contributed by atoms with Crippen LogP contribution in [-0.4, -0.2) is 14.6 Å². The molecule has 0 saturated heterocycles. The first-order valence-electron chi connectivity index (χ1n) is 10.8. The van der Waals surface area contributed by atoms with Crippen LogP contribution in [0.5, 0.6) is 0 Å². The van der Waals surface area contributed by atoms with Crippen molar-refractivity contribution in [2.45, 2.75) is 99.4 Å². The van der Waals surface area contributed by atoms with Crippen LogP contribution in [0.2, 0.25) is 0 Å². The average molecular weight is 476 g/mol. The van der Waals surface area contributed by atoms with E-state index in [2.05, 4.69) is 22.6 Å². The van der Waals surface area contributed by atoms with Gasteiger partial charge in [-0.15, -0.1) is 0 Å². The summed E-state index contributed by atoms with van der Waals surface area (Å²) in [5.74, 6) is -0.00762. The van der Waals surface area contributed by atoms with Gasteiger partial charge in [0.1, 0.15) is 11.7 Å². The molecule has 0 atom stereocenters. The summed E-state index contributed by atoms with van der Waals surface area (Å²) in [4.78, 5) is 0. The lowest BCUT2D eigenvalue weighted by Gasteiger charge is -2.66. The zero-order valence-corrected chi connectivity index (χ0v) is 17.8. The molecule has 146 valence electrons. The topological polar surface area (TPSA) is 20.2 Å². The molecule has 0 amide bonds. The first kappa shape index (κ1) is 18.3. The average Bonchev–Trinajstić information content (AvgIpc) is 2.68. The molecule has 0 unspecified atom stereocenters. The second kappa shape index (κ2) is 5.90. The zero-order valence-electron chi connectivity index (χ0n) is 15.6. The van der Waals surface area contributed by atoms with Gasteiger partial charge in [-0.25, -0.2) is 8.78 Å². The number of halogens is 3. The van der Waals surface area contributed by atoms with E-state index < -0.39 is 14.7 Å². The zero-order chi connectivity index (χ0) is 18.2. The highest BCUT2D eigenvalue weighted by molar-refractivity contribution is 14.1. The monoisotopic (exact) mass is 476 g/mol. The van der Waals surface area contributed by atoms with Gasteiger partial charge in [0.05, 0.1) is 9.53 Å². The number of allylic oxidation sites excluding steroid dienone is 2. The van der Waals surface area contributed by atoms with Gasteiger partial charge in [0.2, 0.25) is 0 Å². The first-order valence-corrected chi connectivity index (χ1v) is 11.9. The molecule has 5 saturated carbocycles. The Hall–Kier alpha value is 0.290. The number of rotatable bonds is 2. The minimum absolute atomic E-state index is 0.0166. The van der Waals surface area contributed by atoms with E-state index in [9.17, 15) is 9.50 Å². The number of hydrogen-bond acceptors (Lipinski definition) is 1. The Labute approximate surface area is 169 Å². The largest absolute Gasteiger partial charge is 0.393 e. The van der Waals surface area contributed by atoms with Crippen LogP contribution in [0.1, 0.15) is 89.9 Å². The summed E-state index contributed by atoms with van der Waals surface area (Å²) in [5, 5.41) is 9.87. The molecule has 7 rings (SSSR count). The van der Waals surface area contributed by atoms with E-state index in [1.807, 2.05) is 0 Å². The lowest BCUT2D eigenvalue weighted by molar-refractivity contribution is -0.138. The normalized spacial score (nSPS) is 54.0. The maximum Gasteiger partial charge on any atom is 0.148 e. The molecule has 1 N–H and O–H groups in total. The van der Waals surface area contributed by atoms with E-state index in [4.69, 9.17) is 0 Å². The Bertz CT molecular complexity index is 602. The van der Waals surface area contributed by atoms with Gasteiger partial charge in [-0.2, -0.15) is 0 Å². The van der Waals surface area contributed by atoms with Crippen LogP contribution in [0.4, 0.5) is 8.78 Å². The van der Waals surface area contributed by atoms with E-state index in [1.165, 1.54) is 32.1 Å². The van der Waals surface area contributed by atoms with Crippen molar-refractivity contribution in [3.05, 3.63) is 11.7 Å². The van der Waals surface area contributed by atoms with Crippen molar-refractivity contribution in [1.29, 1.82) is 0 Å². The molecule has 7 aliphatic carbocycles. The number of fused-ring (bicyclic) bond motifs is 5. The molecule has 0 aromatic carbocycles. The molecule has 0 aromatic rings. The highest BCUT2D eigenvalue weighted by atomic mass is 127. The number of aliphatic hydroxyl groups is 1. The van der Waals surface area contributed by atoms with Gasteiger partial charge in [-0.3, -0.25) is 0 Å². The molecule has 26 heavy (non-hydrogen) atoms. The van der Waals surface area contributed by atoms with Crippen LogP contribution in [0.15, 0.2) is 11.7 Å². The summed E-state index contributed by atoms with van der Waals surface area (Å²) in [6.45, 7) is 0. The molecular weight excluding hydrogens is 445 g/mol. The van der Waals surface area contributed by atoms with E-state index in [1.54, 1.807) is 0 Å². The second-order valence-electron chi connectivity index (χ2n) is 10.3. The Kier molecular flexibility index (Phi) is 4.16. The quantitative estimate of drug-likeness (QED) is 0.344. The molecule has 0 spiro atoms. The van der Waals surface area contributed by atoms with Crippen molar-refractivity contribution in [2.75, 3.05) is 0 Å². The van der Waals surface area contributed by atoms with Gasteiger partial charge in [0.25, 0.3) is 0 Å². The molecule has 4 bridgehead atoms. The Morgan fingerprint density at radius 2 is 1.27 bits per heavy atom. The van der Waals surface area contributed by atoms with Crippen LogP contribution in [0, 0.1) is 22.2 Å². The van der Waals surface area contributed by atoms with Crippen molar-refractivity contribution >= 4 is 22.6 Å². The molecule has 1 nitrogen and oxygen atoms in total. The lowest BCUT2D eigenvalue weighted by Crippen LogP contribution is -2.58. The van der Waals surface area contributed by atoms with Gasteiger partial charge >= 0.3 is 0 Å². The van der Waals surface area contributed by atoms with Gasteiger partial charge in [0.15, 0.2) is 0 Å². The van der Waals surface area contributed by atoms with E-state index in [-0.39, 0.29) is 17.3 Å². The summed E-state index contributed by atoms with van der Waals surface area (Å²) >= 11 is 2.18. The summed E-state index contributed by atoms with van der Waals surface area (Å²) in [5.41, 5.74) is -0.0320. The van der Waals surface area contributed by atoms with Gasteiger partial charge in [-0.05, 0) is 107 Å². The third-order valence-electron chi connectivity index (χ3n) is 9.78. The molecule has 7 aliphatic rings. The highest BCUT2D eigenvalue weighted by Crippen LogP contribution is 2.74. The fraction of sp³-hybridized carbons (Fsp3) is 0.909. The van der Waals surface area contributed by atoms with E-state index in [0.29, 0.717) is 5.41 Å². The fourth-order valence-corrected chi connectivity index (χ4v) is 8.69.